The standard InChI is InChI=1S/C9H9F3O3S/c1-7-4-2-3-5-8(7)16(13,14)15-6-9(10,11)12/h2-5H,6H2,1H3. The molecule has 0 unspecified atom stereocenters. The number of hydrogen-bond donors (Lipinski definition) is 0. The van der Waals surface area contributed by atoms with E-state index in [1.807, 2.05) is 0 Å². The highest BCUT2D eigenvalue weighted by Gasteiger charge is 2.31. The zero-order chi connectivity index (χ0) is 12.4. The molecule has 1 aromatic rings. The summed E-state index contributed by atoms with van der Waals surface area (Å²) >= 11 is 0. The van der Waals surface area contributed by atoms with Crippen molar-refractivity contribution >= 4 is 10.1 Å². The number of hydrogen-bond acceptors (Lipinski definition) is 3. The Hall–Kier alpha value is -1.08. The maximum Gasteiger partial charge on any atom is 0.413 e. The second-order valence-electron chi connectivity index (χ2n) is 3.10. The van der Waals surface area contributed by atoms with Crippen LogP contribution in [0.15, 0.2) is 29.2 Å². The first-order chi connectivity index (χ1) is 7.22. The Morgan fingerprint density at radius 3 is 2.31 bits per heavy atom. The van der Waals surface area contributed by atoms with Gasteiger partial charge in [0.05, 0.1) is 4.90 Å². The van der Waals surface area contributed by atoms with Crippen LogP contribution in [-0.4, -0.2) is 21.2 Å². The fourth-order valence-corrected chi connectivity index (χ4v) is 2.17. The van der Waals surface area contributed by atoms with Gasteiger partial charge < -0.3 is 0 Å². The Kier molecular flexibility index (Phi) is 3.59. The molecular formula is C9H9F3O3S. The lowest BCUT2D eigenvalue weighted by Gasteiger charge is -2.09. The average molecular weight is 254 g/mol. The van der Waals surface area contributed by atoms with Crippen molar-refractivity contribution < 1.29 is 25.8 Å². The van der Waals surface area contributed by atoms with Crippen molar-refractivity contribution in [3.05, 3.63) is 29.8 Å². The molecule has 1 aromatic carbocycles. The summed E-state index contributed by atoms with van der Waals surface area (Å²) in [6.45, 7) is -0.340. The van der Waals surface area contributed by atoms with Crippen LogP contribution in [0.3, 0.4) is 0 Å². The topological polar surface area (TPSA) is 43.4 Å². The van der Waals surface area contributed by atoms with Crippen LogP contribution in [0.5, 0.6) is 0 Å². The molecule has 90 valence electrons. The Morgan fingerprint density at radius 2 is 1.81 bits per heavy atom. The van der Waals surface area contributed by atoms with E-state index in [1.54, 1.807) is 6.07 Å². The van der Waals surface area contributed by atoms with Gasteiger partial charge in [0.15, 0.2) is 6.61 Å². The molecule has 0 aliphatic rings. The third-order valence-electron chi connectivity index (χ3n) is 1.74. The summed E-state index contributed by atoms with van der Waals surface area (Å²) in [5, 5.41) is 0. The largest absolute Gasteiger partial charge is 0.413 e. The minimum atomic E-state index is -4.67. The smallest absolute Gasteiger partial charge is 0.257 e. The Balaban J connectivity index is 2.92. The molecule has 0 atom stereocenters. The normalized spacial score (nSPS) is 12.8. The van der Waals surface area contributed by atoms with E-state index in [4.69, 9.17) is 0 Å². The lowest BCUT2D eigenvalue weighted by Crippen LogP contribution is -2.21. The molecule has 0 saturated carbocycles. The van der Waals surface area contributed by atoms with Gasteiger partial charge in [-0.1, -0.05) is 18.2 Å². The fourth-order valence-electron chi connectivity index (χ4n) is 1.04. The van der Waals surface area contributed by atoms with Gasteiger partial charge >= 0.3 is 6.18 Å². The van der Waals surface area contributed by atoms with Gasteiger partial charge in [-0.05, 0) is 18.6 Å². The Morgan fingerprint density at radius 1 is 1.25 bits per heavy atom. The molecule has 3 nitrogen and oxygen atoms in total. The molecule has 16 heavy (non-hydrogen) atoms. The van der Waals surface area contributed by atoms with E-state index in [0.29, 0.717) is 5.56 Å². The second-order valence-corrected chi connectivity index (χ2v) is 4.68. The summed E-state index contributed by atoms with van der Waals surface area (Å²) in [6.07, 6.45) is -4.67. The summed E-state index contributed by atoms with van der Waals surface area (Å²) in [7, 11) is -4.34. The lowest BCUT2D eigenvalue weighted by molar-refractivity contribution is -0.152. The summed E-state index contributed by atoms with van der Waals surface area (Å²) in [4.78, 5) is -0.251. The minimum absolute atomic E-state index is 0.251. The summed E-state index contributed by atoms with van der Waals surface area (Å²) in [6, 6.07) is 5.67. The molecule has 0 amide bonds. The van der Waals surface area contributed by atoms with Gasteiger partial charge in [0.1, 0.15) is 0 Å². The molecule has 7 heteroatoms. The van der Waals surface area contributed by atoms with E-state index in [0.717, 1.165) is 0 Å². The van der Waals surface area contributed by atoms with Crippen molar-refractivity contribution in [2.45, 2.75) is 18.0 Å². The van der Waals surface area contributed by atoms with Gasteiger partial charge in [-0.2, -0.15) is 21.6 Å². The van der Waals surface area contributed by atoms with Gasteiger partial charge in [0.2, 0.25) is 0 Å². The van der Waals surface area contributed by atoms with Crippen LogP contribution in [0.25, 0.3) is 0 Å². The van der Waals surface area contributed by atoms with E-state index in [1.165, 1.54) is 25.1 Å². The molecule has 0 aliphatic carbocycles. The van der Waals surface area contributed by atoms with E-state index >= 15 is 0 Å². The predicted octanol–water partition coefficient (Wildman–Crippen LogP) is 2.26. The molecule has 0 aromatic heterocycles. The van der Waals surface area contributed by atoms with Gasteiger partial charge in [-0.15, -0.1) is 0 Å². The quantitative estimate of drug-likeness (QED) is 0.777. The molecule has 0 aliphatic heterocycles. The number of benzene rings is 1. The fraction of sp³-hybridized carbons (Fsp3) is 0.333. The van der Waals surface area contributed by atoms with Crippen LogP contribution in [0, 0.1) is 6.92 Å². The molecule has 0 heterocycles. The highest BCUT2D eigenvalue weighted by Crippen LogP contribution is 2.21. The van der Waals surface area contributed by atoms with Crippen molar-refractivity contribution in [1.29, 1.82) is 0 Å². The van der Waals surface area contributed by atoms with E-state index in [-0.39, 0.29) is 4.90 Å². The van der Waals surface area contributed by atoms with Gasteiger partial charge in [0.25, 0.3) is 10.1 Å². The molecular weight excluding hydrogens is 245 g/mol. The van der Waals surface area contributed by atoms with Crippen LogP contribution in [0.1, 0.15) is 5.56 Å². The van der Waals surface area contributed by atoms with Crippen molar-refractivity contribution in [3.8, 4) is 0 Å². The van der Waals surface area contributed by atoms with Crippen molar-refractivity contribution in [1.82, 2.24) is 0 Å². The van der Waals surface area contributed by atoms with Crippen LogP contribution >= 0.6 is 0 Å². The molecule has 0 saturated heterocycles. The summed E-state index contributed by atoms with van der Waals surface area (Å²) in [5.74, 6) is 0. The number of alkyl halides is 3. The number of halogens is 3. The minimum Gasteiger partial charge on any atom is -0.257 e. The van der Waals surface area contributed by atoms with E-state index in [9.17, 15) is 21.6 Å². The second kappa shape index (κ2) is 4.42. The van der Waals surface area contributed by atoms with Crippen molar-refractivity contribution in [2.24, 2.45) is 0 Å². The van der Waals surface area contributed by atoms with Gasteiger partial charge in [-0.25, -0.2) is 0 Å². The zero-order valence-electron chi connectivity index (χ0n) is 8.28. The van der Waals surface area contributed by atoms with Crippen LogP contribution in [0.4, 0.5) is 13.2 Å². The van der Waals surface area contributed by atoms with Crippen molar-refractivity contribution in [3.63, 3.8) is 0 Å². The lowest BCUT2D eigenvalue weighted by atomic mass is 10.2. The first-order valence-electron chi connectivity index (χ1n) is 4.24. The van der Waals surface area contributed by atoms with E-state index in [2.05, 4.69) is 4.18 Å². The molecule has 0 bridgehead atoms. The number of aryl methyl sites for hydroxylation is 1. The Labute approximate surface area is 91.0 Å². The number of rotatable bonds is 3. The SMILES string of the molecule is Cc1ccccc1S(=O)(=O)OCC(F)(F)F. The predicted molar refractivity (Wildman–Crippen MR) is 50.4 cm³/mol. The highest BCUT2D eigenvalue weighted by molar-refractivity contribution is 7.86. The molecule has 0 spiro atoms. The maximum absolute atomic E-state index is 11.8. The van der Waals surface area contributed by atoms with Crippen LogP contribution in [0.2, 0.25) is 0 Å². The maximum atomic E-state index is 11.8. The van der Waals surface area contributed by atoms with Crippen LogP contribution < -0.4 is 0 Å². The van der Waals surface area contributed by atoms with Crippen molar-refractivity contribution in [2.75, 3.05) is 6.61 Å². The molecule has 0 N–H and O–H groups in total. The zero-order valence-corrected chi connectivity index (χ0v) is 9.10. The average Bonchev–Trinajstić information content (AvgIpc) is 2.14. The monoisotopic (exact) mass is 254 g/mol. The first kappa shape index (κ1) is 13.0. The van der Waals surface area contributed by atoms with Crippen LogP contribution in [-0.2, 0) is 14.3 Å². The van der Waals surface area contributed by atoms with E-state index < -0.39 is 22.9 Å². The summed E-state index contributed by atoms with van der Waals surface area (Å²) < 4.78 is 62.1. The third-order valence-corrected chi connectivity index (χ3v) is 3.17. The highest BCUT2D eigenvalue weighted by atomic mass is 32.2. The van der Waals surface area contributed by atoms with Gasteiger partial charge in [0, 0.05) is 0 Å². The summed E-state index contributed by atoms with van der Waals surface area (Å²) in [5.41, 5.74) is 0.338. The molecule has 1 rings (SSSR count). The first-order valence-corrected chi connectivity index (χ1v) is 5.65. The molecule has 0 fully saturated rings. The third kappa shape index (κ3) is 3.49. The Bertz CT molecular complexity index is 465. The van der Waals surface area contributed by atoms with Gasteiger partial charge in [-0.3, -0.25) is 4.18 Å². The molecule has 0 radical (unpaired) electrons.